The van der Waals surface area contributed by atoms with Crippen molar-refractivity contribution < 1.29 is 39.2 Å². The van der Waals surface area contributed by atoms with Crippen molar-refractivity contribution >= 4 is 29.6 Å². The van der Waals surface area contributed by atoms with Gasteiger partial charge in [-0.3, -0.25) is 9.59 Å². The predicted octanol–water partition coefficient (Wildman–Crippen LogP) is 6.54. The number of carbonyl (C=O) groups excluding carboxylic acids is 1. The zero-order valence-electron chi connectivity index (χ0n) is 26.3. The van der Waals surface area contributed by atoms with Crippen LogP contribution in [0.25, 0.3) is 11.1 Å². The zero-order chi connectivity index (χ0) is 33.9. The van der Waals surface area contributed by atoms with Crippen LogP contribution < -0.4 is 5.32 Å². The minimum Gasteiger partial charge on any atom is -0.481 e. The molecule has 4 aromatic rings. The second-order valence-corrected chi connectivity index (χ2v) is 12.5. The summed E-state index contributed by atoms with van der Waals surface area (Å²) in [6, 6.07) is 26.6. The van der Waals surface area contributed by atoms with Crippen molar-refractivity contribution in [1.29, 1.82) is 0 Å². The van der Waals surface area contributed by atoms with Crippen LogP contribution in [0.15, 0.2) is 96.2 Å². The van der Waals surface area contributed by atoms with Gasteiger partial charge in [0.25, 0.3) is 0 Å². The molecule has 1 saturated heterocycles. The SMILES string of the molecule is O=C(O)CCCCC(=O)NCc1cccc(-c2cccc([C@H]3O[C@@H](CSc4ncccc4C(=O)O)C[C@@H](c4ccc(CO)cc4)O3)c2)c1. The molecule has 0 aliphatic carbocycles. The van der Waals surface area contributed by atoms with Gasteiger partial charge in [-0.05, 0) is 64.9 Å². The summed E-state index contributed by atoms with van der Waals surface area (Å²) in [5.74, 6) is -1.54. The van der Waals surface area contributed by atoms with Gasteiger partial charge in [-0.15, -0.1) is 11.8 Å². The molecular formula is C37H38N2O8S. The Bertz CT molecular complexity index is 1710. The Morgan fingerprint density at radius 3 is 2.33 bits per heavy atom. The minimum absolute atomic E-state index is 0.0538. The number of hydrogen-bond acceptors (Lipinski definition) is 8. The molecule has 1 amide bonds. The number of carboxylic acid groups (broad SMARTS) is 2. The molecule has 11 heteroatoms. The number of benzene rings is 3. The van der Waals surface area contributed by atoms with E-state index in [0.717, 1.165) is 33.4 Å². The number of nitrogens with zero attached hydrogens (tertiary/aromatic N) is 1. The summed E-state index contributed by atoms with van der Waals surface area (Å²) in [6.45, 7) is 0.303. The van der Waals surface area contributed by atoms with Crippen LogP contribution in [-0.2, 0) is 32.2 Å². The van der Waals surface area contributed by atoms with Gasteiger partial charge >= 0.3 is 11.9 Å². The van der Waals surface area contributed by atoms with Gasteiger partial charge in [-0.25, -0.2) is 9.78 Å². The standard InChI is InChI=1S/C37H38N2O8S/c40-22-24-13-15-26(16-14-24)32-20-30(23-48-35-31(36(44)45)10-5-17-38-35)46-37(47-32)29-9-4-8-28(19-29)27-7-3-6-25(18-27)21-39-33(41)11-1-2-12-34(42)43/h3-10,13-19,30,32,37,40H,1-2,11-12,20-23H2,(H,39,41)(H,42,43)(H,44,45)/t30-,32+,37+/m1/s1. The van der Waals surface area contributed by atoms with E-state index in [1.807, 2.05) is 72.8 Å². The van der Waals surface area contributed by atoms with Gasteiger partial charge in [-0.1, -0.05) is 60.7 Å². The number of aliphatic carboxylic acids is 1. The van der Waals surface area contributed by atoms with Crippen molar-refractivity contribution in [1.82, 2.24) is 10.3 Å². The van der Waals surface area contributed by atoms with Gasteiger partial charge in [0.05, 0.1) is 24.4 Å². The van der Waals surface area contributed by atoms with E-state index < -0.39 is 18.2 Å². The number of rotatable bonds is 15. The number of pyridine rings is 1. The smallest absolute Gasteiger partial charge is 0.338 e. The number of carbonyl (C=O) groups is 3. The Morgan fingerprint density at radius 2 is 1.58 bits per heavy atom. The molecule has 3 aromatic carbocycles. The molecule has 0 saturated carbocycles. The Balaban J connectivity index is 1.30. The number of aromatic carboxylic acids is 1. The third kappa shape index (κ3) is 9.74. The van der Waals surface area contributed by atoms with E-state index in [9.17, 15) is 24.6 Å². The summed E-state index contributed by atoms with van der Waals surface area (Å²) in [7, 11) is 0. The highest BCUT2D eigenvalue weighted by Crippen LogP contribution is 2.40. The highest BCUT2D eigenvalue weighted by atomic mass is 32.2. The average Bonchev–Trinajstić information content (AvgIpc) is 3.11. The molecule has 1 aliphatic heterocycles. The summed E-state index contributed by atoms with van der Waals surface area (Å²) < 4.78 is 13.0. The first-order valence-corrected chi connectivity index (χ1v) is 16.8. The summed E-state index contributed by atoms with van der Waals surface area (Å²) in [5, 5.41) is 31.3. The fourth-order valence-corrected chi connectivity index (χ4v) is 6.44. The molecule has 0 spiro atoms. The zero-order valence-corrected chi connectivity index (χ0v) is 27.1. The van der Waals surface area contributed by atoms with Gasteiger partial charge in [0.15, 0.2) is 6.29 Å². The first-order chi connectivity index (χ1) is 23.3. The third-order valence-corrected chi connectivity index (χ3v) is 9.11. The normalized spacial score (nSPS) is 17.5. The molecule has 0 bridgehead atoms. The predicted molar refractivity (Wildman–Crippen MR) is 180 cm³/mol. The van der Waals surface area contributed by atoms with Crippen LogP contribution in [0.2, 0.25) is 0 Å². The van der Waals surface area contributed by atoms with Crippen molar-refractivity contribution in [3.63, 3.8) is 0 Å². The van der Waals surface area contributed by atoms with Crippen LogP contribution in [0.3, 0.4) is 0 Å². The quantitative estimate of drug-likeness (QED) is 0.0810. The number of ether oxygens (including phenoxy) is 2. The van der Waals surface area contributed by atoms with Crippen LogP contribution in [0.5, 0.6) is 0 Å². The number of unbranched alkanes of at least 4 members (excludes halogenated alkanes) is 1. The van der Waals surface area contributed by atoms with Gasteiger partial charge in [0.1, 0.15) is 5.03 Å². The number of nitrogens with one attached hydrogen (secondary N) is 1. The molecule has 1 fully saturated rings. The Hall–Kier alpha value is -4.55. The summed E-state index contributed by atoms with van der Waals surface area (Å²) >= 11 is 1.34. The molecular weight excluding hydrogens is 632 g/mol. The van der Waals surface area contributed by atoms with Crippen LogP contribution in [0.4, 0.5) is 0 Å². The summed E-state index contributed by atoms with van der Waals surface area (Å²) in [4.78, 5) is 39.0. The van der Waals surface area contributed by atoms with Crippen molar-refractivity contribution in [2.45, 2.75) is 68.8 Å². The molecule has 4 N–H and O–H groups in total. The molecule has 3 atom stereocenters. The van der Waals surface area contributed by atoms with E-state index in [-0.39, 0.29) is 43.1 Å². The van der Waals surface area contributed by atoms with Crippen LogP contribution >= 0.6 is 11.8 Å². The lowest BCUT2D eigenvalue weighted by Gasteiger charge is -2.36. The van der Waals surface area contributed by atoms with Crippen LogP contribution in [0, 0.1) is 0 Å². The first-order valence-electron chi connectivity index (χ1n) is 15.8. The van der Waals surface area contributed by atoms with Gasteiger partial charge < -0.3 is 30.1 Å². The van der Waals surface area contributed by atoms with Crippen molar-refractivity contribution in [3.8, 4) is 11.1 Å². The van der Waals surface area contributed by atoms with Crippen molar-refractivity contribution in [2.75, 3.05) is 5.75 Å². The van der Waals surface area contributed by atoms with Crippen molar-refractivity contribution in [2.24, 2.45) is 0 Å². The number of carboxylic acids is 2. The summed E-state index contributed by atoms with van der Waals surface area (Å²) in [5.41, 5.74) is 5.56. The van der Waals surface area contributed by atoms with E-state index >= 15 is 0 Å². The van der Waals surface area contributed by atoms with Gasteiger partial charge in [-0.2, -0.15) is 0 Å². The third-order valence-electron chi connectivity index (χ3n) is 7.98. The van der Waals surface area contributed by atoms with Crippen molar-refractivity contribution in [3.05, 3.63) is 119 Å². The van der Waals surface area contributed by atoms with E-state index in [1.54, 1.807) is 12.3 Å². The lowest BCUT2D eigenvalue weighted by molar-refractivity contribution is -0.245. The number of amides is 1. The average molecular weight is 671 g/mol. The van der Waals surface area contributed by atoms with E-state index in [0.29, 0.717) is 36.6 Å². The number of aromatic nitrogens is 1. The highest BCUT2D eigenvalue weighted by Gasteiger charge is 2.33. The Labute approximate surface area is 283 Å². The number of aliphatic hydroxyl groups is 1. The second kappa shape index (κ2) is 17.0. The fourth-order valence-electron chi connectivity index (χ4n) is 5.44. The number of aliphatic hydroxyl groups excluding tert-OH is 1. The van der Waals surface area contributed by atoms with Gasteiger partial charge in [0, 0.05) is 43.3 Å². The van der Waals surface area contributed by atoms with E-state index in [2.05, 4.69) is 10.3 Å². The molecule has 1 aliphatic rings. The molecule has 1 aromatic heterocycles. The lowest BCUT2D eigenvalue weighted by Crippen LogP contribution is -2.31. The molecule has 2 heterocycles. The Morgan fingerprint density at radius 1 is 0.833 bits per heavy atom. The van der Waals surface area contributed by atoms with Crippen LogP contribution in [0.1, 0.15) is 77.1 Å². The lowest BCUT2D eigenvalue weighted by atomic mass is 9.99. The first kappa shape index (κ1) is 34.8. The monoisotopic (exact) mass is 670 g/mol. The van der Waals surface area contributed by atoms with E-state index in [4.69, 9.17) is 14.6 Å². The van der Waals surface area contributed by atoms with Gasteiger partial charge in [0.2, 0.25) is 5.91 Å². The second-order valence-electron chi connectivity index (χ2n) is 11.5. The maximum atomic E-state index is 12.3. The molecule has 0 radical (unpaired) electrons. The number of thioether (sulfide) groups is 1. The molecule has 5 rings (SSSR count). The maximum absolute atomic E-state index is 12.3. The molecule has 250 valence electrons. The molecule has 48 heavy (non-hydrogen) atoms. The maximum Gasteiger partial charge on any atom is 0.338 e. The minimum atomic E-state index is -1.03. The fraction of sp³-hybridized carbons (Fsp3) is 0.297. The molecule has 0 unspecified atom stereocenters. The summed E-state index contributed by atoms with van der Waals surface area (Å²) in [6.07, 6.45) is 2.18. The largest absolute Gasteiger partial charge is 0.481 e. The highest BCUT2D eigenvalue weighted by molar-refractivity contribution is 7.99. The molecule has 10 nitrogen and oxygen atoms in total. The van der Waals surface area contributed by atoms with E-state index in [1.165, 1.54) is 17.8 Å². The van der Waals surface area contributed by atoms with Crippen LogP contribution in [-0.4, -0.2) is 50.0 Å². The Kier molecular flexibility index (Phi) is 12.3. The number of hydrogen-bond donors (Lipinski definition) is 4. The topological polar surface area (TPSA) is 155 Å².